The van der Waals surface area contributed by atoms with Crippen molar-refractivity contribution in [2.45, 2.75) is 13.3 Å². The van der Waals surface area contributed by atoms with Crippen LogP contribution in [0.15, 0.2) is 42.7 Å². The lowest BCUT2D eigenvalue weighted by atomic mass is 10.00. The predicted octanol–water partition coefficient (Wildman–Crippen LogP) is 3.32. The highest BCUT2D eigenvalue weighted by molar-refractivity contribution is 5.72. The van der Waals surface area contributed by atoms with Crippen LogP contribution in [0.3, 0.4) is 0 Å². The Balaban J connectivity index is 2.58. The number of benzene rings is 1. The van der Waals surface area contributed by atoms with E-state index in [1.807, 2.05) is 30.6 Å². The molecule has 0 aliphatic rings. The van der Waals surface area contributed by atoms with Crippen molar-refractivity contribution in [3.8, 4) is 16.9 Å². The molecule has 2 nitrogen and oxygen atoms in total. The molecule has 2 aromatic rings. The summed E-state index contributed by atoms with van der Waals surface area (Å²) in [7, 11) is 1.70. The zero-order valence-electron chi connectivity index (χ0n) is 9.60. The summed E-state index contributed by atoms with van der Waals surface area (Å²) >= 11 is 0. The SMILES string of the molecule is CCc1ccncc1-c1ccccc1OC. The summed E-state index contributed by atoms with van der Waals surface area (Å²) in [5.41, 5.74) is 3.55. The van der Waals surface area contributed by atoms with E-state index in [9.17, 15) is 0 Å². The molecule has 0 atom stereocenters. The summed E-state index contributed by atoms with van der Waals surface area (Å²) in [6.07, 6.45) is 4.73. The lowest BCUT2D eigenvalue weighted by Crippen LogP contribution is -1.92. The molecule has 2 heteroatoms. The lowest BCUT2D eigenvalue weighted by Gasteiger charge is -2.11. The van der Waals surface area contributed by atoms with Crippen LogP contribution in [0, 0.1) is 0 Å². The fourth-order valence-electron chi connectivity index (χ4n) is 1.84. The van der Waals surface area contributed by atoms with Gasteiger partial charge in [0.2, 0.25) is 0 Å². The molecule has 0 spiro atoms. The molecule has 0 fully saturated rings. The normalized spacial score (nSPS) is 10.1. The third-order valence-corrected chi connectivity index (χ3v) is 2.69. The van der Waals surface area contributed by atoms with Crippen LogP contribution in [0.1, 0.15) is 12.5 Å². The number of aromatic nitrogens is 1. The number of ether oxygens (including phenoxy) is 1. The number of methoxy groups -OCH3 is 1. The number of hydrogen-bond donors (Lipinski definition) is 0. The van der Waals surface area contributed by atoms with E-state index in [4.69, 9.17) is 4.74 Å². The van der Waals surface area contributed by atoms with Crippen molar-refractivity contribution in [3.05, 3.63) is 48.3 Å². The fourth-order valence-corrected chi connectivity index (χ4v) is 1.84. The Morgan fingerprint density at radius 1 is 1.12 bits per heavy atom. The number of nitrogens with zero attached hydrogens (tertiary/aromatic N) is 1. The summed E-state index contributed by atoms with van der Waals surface area (Å²) in [6, 6.07) is 10.1. The van der Waals surface area contributed by atoms with Crippen LogP contribution in [-0.4, -0.2) is 12.1 Å². The van der Waals surface area contributed by atoms with Gasteiger partial charge in [0.1, 0.15) is 5.75 Å². The number of para-hydroxylation sites is 1. The largest absolute Gasteiger partial charge is 0.496 e. The molecular weight excluding hydrogens is 198 g/mol. The average molecular weight is 213 g/mol. The maximum Gasteiger partial charge on any atom is 0.126 e. The van der Waals surface area contributed by atoms with Crippen LogP contribution in [0.5, 0.6) is 5.75 Å². The number of hydrogen-bond acceptors (Lipinski definition) is 2. The minimum atomic E-state index is 0.894. The average Bonchev–Trinajstić information content (AvgIpc) is 2.38. The molecule has 16 heavy (non-hydrogen) atoms. The maximum absolute atomic E-state index is 5.37. The van der Waals surface area contributed by atoms with E-state index in [-0.39, 0.29) is 0 Å². The van der Waals surface area contributed by atoms with E-state index >= 15 is 0 Å². The van der Waals surface area contributed by atoms with Gasteiger partial charge in [0.05, 0.1) is 7.11 Å². The number of rotatable bonds is 3. The van der Waals surface area contributed by atoms with Gasteiger partial charge in [-0.2, -0.15) is 0 Å². The van der Waals surface area contributed by atoms with E-state index in [1.54, 1.807) is 7.11 Å². The summed E-state index contributed by atoms with van der Waals surface area (Å²) in [6.45, 7) is 2.15. The Morgan fingerprint density at radius 3 is 2.69 bits per heavy atom. The zero-order chi connectivity index (χ0) is 11.4. The second-order valence-electron chi connectivity index (χ2n) is 3.59. The van der Waals surface area contributed by atoms with Gasteiger partial charge in [0, 0.05) is 23.5 Å². The van der Waals surface area contributed by atoms with Gasteiger partial charge in [-0.15, -0.1) is 0 Å². The van der Waals surface area contributed by atoms with Crippen LogP contribution >= 0.6 is 0 Å². The molecule has 0 amide bonds. The van der Waals surface area contributed by atoms with Gasteiger partial charge >= 0.3 is 0 Å². The van der Waals surface area contributed by atoms with Crippen molar-refractivity contribution in [1.82, 2.24) is 4.98 Å². The molecular formula is C14H15NO. The third-order valence-electron chi connectivity index (χ3n) is 2.69. The highest BCUT2D eigenvalue weighted by Crippen LogP contribution is 2.31. The molecule has 0 N–H and O–H groups in total. The van der Waals surface area contributed by atoms with Gasteiger partial charge in [0.25, 0.3) is 0 Å². The Kier molecular flexibility index (Phi) is 3.20. The van der Waals surface area contributed by atoms with E-state index in [2.05, 4.69) is 24.0 Å². The van der Waals surface area contributed by atoms with Gasteiger partial charge in [0.15, 0.2) is 0 Å². The van der Waals surface area contributed by atoms with Crippen molar-refractivity contribution in [2.24, 2.45) is 0 Å². The van der Waals surface area contributed by atoms with Crippen LogP contribution in [0.2, 0.25) is 0 Å². The molecule has 0 aliphatic heterocycles. The van der Waals surface area contributed by atoms with Crippen LogP contribution in [0.25, 0.3) is 11.1 Å². The summed E-state index contributed by atoms with van der Waals surface area (Å²) < 4.78 is 5.37. The lowest BCUT2D eigenvalue weighted by molar-refractivity contribution is 0.416. The van der Waals surface area contributed by atoms with E-state index in [0.717, 1.165) is 23.3 Å². The Bertz CT molecular complexity index is 434. The highest BCUT2D eigenvalue weighted by atomic mass is 16.5. The maximum atomic E-state index is 5.37. The molecule has 82 valence electrons. The molecule has 1 aromatic carbocycles. The van der Waals surface area contributed by atoms with Crippen LogP contribution in [0.4, 0.5) is 0 Å². The summed E-state index contributed by atoms with van der Waals surface area (Å²) in [5, 5.41) is 0. The topological polar surface area (TPSA) is 22.1 Å². The molecule has 0 saturated carbocycles. The van der Waals surface area contributed by atoms with Gasteiger partial charge in [-0.05, 0) is 24.1 Å². The fraction of sp³-hybridized carbons (Fsp3) is 0.214. The van der Waals surface area contributed by atoms with Crippen LogP contribution < -0.4 is 4.74 Å². The molecule has 1 aromatic heterocycles. The Morgan fingerprint density at radius 2 is 1.94 bits per heavy atom. The van der Waals surface area contributed by atoms with Gasteiger partial charge in [-0.3, -0.25) is 4.98 Å². The van der Waals surface area contributed by atoms with Gasteiger partial charge in [-0.1, -0.05) is 25.1 Å². The summed E-state index contributed by atoms with van der Waals surface area (Å²) in [4.78, 5) is 4.19. The molecule has 0 saturated heterocycles. The van der Waals surface area contributed by atoms with E-state index in [1.165, 1.54) is 5.56 Å². The zero-order valence-corrected chi connectivity index (χ0v) is 9.60. The number of pyridine rings is 1. The Labute approximate surface area is 95.9 Å². The Hall–Kier alpha value is -1.83. The second kappa shape index (κ2) is 4.79. The standard InChI is InChI=1S/C14H15NO/c1-3-11-8-9-15-10-13(11)12-6-4-5-7-14(12)16-2/h4-10H,3H2,1-2H3. The van der Waals surface area contributed by atoms with Crippen molar-refractivity contribution in [2.75, 3.05) is 7.11 Å². The second-order valence-corrected chi connectivity index (χ2v) is 3.59. The van der Waals surface area contributed by atoms with Crippen molar-refractivity contribution < 1.29 is 4.74 Å². The van der Waals surface area contributed by atoms with E-state index < -0.39 is 0 Å². The van der Waals surface area contributed by atoms with Crippen molar-refractivity contribution in [3.63, 3.8) is 0 Å². The molecule has 0 unspecified atom stereocenters. The first kappa shape index (κ1) is 10.7. The smallest absolute Gasteiger partial charge is 0.126 e. The van der Waals surface area contributed by atoms with Gasteiger partial charge in [-0.25, -0.2) is 0 Å². The first-order valence-electron chi connectivity index (χ1n) is 5.43. The molecule has 0 radical (unpaired) electrons. The summed E-state index contributed by atoms with van der Waals surface area (Å²) in [5.74, 6) is 0.894. The molecule has 1 heterocycles. The van der Waals surface area contributed by atoms with Gasteiger partial charge < -0.3 is 4.74 Å². The molecule has 0 aliphatic carbocycles. The van der Waals surface area contributed by atoms with Crippen molar-refractivity contribution >= 4 is 0 Å². The minimum absolute atomic E-state index is 0.894. The number of aryl methyl sites for hydroxylation is 1. The first-order valence-corrected chi connectivity index (χ1v) is 5.43. The highest BCUT2D eigenvalue weighted by Gasteiger charge is 2.08. The van der Waals surface area contributed by atoms with E-state index in [0.29, 0.717) is 0 Å². The predicted molar refractivity (Wildman–Crippen MR) is 65.6 cm³/mol. The monoisotopic (exact) mass is 213 g/mol. The first-order chi connectivity index (χ1) is 7.86. The van der Waals surface area contributed by atoms with Crippen LogP contribution in [-0.2, 0) is 6.42 Å². The quantitative estimate of drug-likeness (QED) is 0.780. The van der Waals surface area contributed by atoms with Crippen molar-refractivity contribution in [1.29, 1.82) is 0 Å². The molecule has 0 bridgehead atoms. The molecule has 2 rings (SSSR count). The minimum Gasteiger partial charge on any atom is -0.496 e. The third kappa shape index (κ3) is 1.91.